The number of carbonyl (C=O) groups is 3. The van der Waals surface area contributed by atoms with Crippen molar-refractivity contribution in [3.63, 3.8) is 0 Å². The molecule has 0 saturated carbocycles. The summed E-state index contributed by atoms with van der Waals surface area (Å²) in [6.45, 7) is 2.62. The molecule has 1 rings (SSSR count). The number of amides is 3. The minimum Gasteiger partial charge on any atom is -0.507 e. The number of carboxylic acid groups (broad SMARTS) is 1. The van der Waals surface area contributed by atoms with E-state index in [1.54, 1.807) is 0 Å². The molecule has 1 aromatic carbocycles. The van der Waals surface area contributed by atoms with Crippen LogP contribution in [0.3, 0.4) is 0 Å². The first-order valence-electron chi connectivity index (χ1n) is 13.7. The molecular weight excluding hydrogens is 506 g/mol. The summed E-state index contributed by atoms with van der Waals surface area (Å²) < 4.78 is 0. The second-order valence-corrected chi connectivity index (χ2v) is 8.72. The molecule has 5 N–H and O–H groups in total. The van der Waals surface area contributed by atoms with E-state index in [0.29, 0.717) is 12.8 Å². The van der Waals surface area contributed by atoms with Crippen LogP contribution in [-0.4, -0.2) is 41.2 Å². The summed E-state index contributed by atoms with van der Waals surface area (Å²) in [5.74, 6) is -1.79. The minimum absolute atomic E-state index is 0.105. The van der Waals surface area contributed by atoms with Gasteiger partial charge in [-0.05, 0) is 63.1 Å². The zero-order chi connectivity index (χ0) is 29.3. The normalized spacial score (nSPS) is 12.0. The number of aromatic carboxylic acids is 1. The molecule has 0 aliphatic heterocycles. The molecule has 0 atom stereocenters. The van der Waals surface area contributed by atoms with Crippen LogP contribution in [0.25, 0.3) is 0 Å². The fraction of sp³-hybridized carbons (Fsp3) is 0.344. The van der Waals surface area contributed by atoms with Gasteiger partial charge in [-0.25, -0.2) is 9.59 Å². The number of hydrogen-bond donors (Lipinski definition) is 5. The highest BCUT2D eigenvalue weighted by molar-refractivity contribution is 5.95. The van der Waals surface area contributed by atoms with Gasteiger partial charge in [0.2, 0.25) is 5.91 Å². The van der Waals surface area contributed by atoms with Crippen molar-refractivity contribution in [1.82, 2.24) is 10.6 Å². The summed E-state index contributed by atoms with van der Waals surface area (Å²) in [5.41, 5.74) is -0.0786. The van der Waals surface area contributed by atoms with Gasteiger partial charge in [0.25, 0.3) is 0 Å². The molecule has 0 fully saturated rings. The van der Waals surface area contributed by atoms with Gasteiger partial charge in [0.15, 0.2) is 0 Å². The van der Waals surface area contributed by atoms with Gasteiger partial charge in [-0.3, -0.25) is 4.79 Å². The highest BCUT2D eigenvalue weighted by Gasteiger charge is 2.11. The van der Waals surface area contributed by atoms with Crippen molar-refractivity contribution in [2.24, 2.45) is 0 Å². The largest absolute Gasteiger partial charge is 0.507 e. The van der Waals surface area contributed by atoms with Gasteiger partial charge in [-0.1, -0.05) is 79.8 Å². The molecule has 0 aliphatic rings. The number of benzene rings is 1. The van der Waals surface area contributed by atoms with E-state index in [0.717, 1.165) is 44.6 Å². The maximum atomic E-state index is 11.9. The number of allylic oxidation sites excluding steroid dienone is 12. The maximum absolute atomic E-state index is 11.9. The monoisotopic (exact) mass is 549 g/mol. The second-order valence-electron chi connectivity index (χ2n) is 8.72. The zero-order valence-electron chi connectivity index (χ0n) is 23.4. The summed E-state index contributed by atoms with van der Waals surface area (Å²) in [4.78, 5) is 34.9. The van der Waals surface area contributed by atoms with Crippen LogP contribution in [0.2, 0.25) is 0 Å². The number of carboxylic acids is 1. The maximum Gasteiger partial charge on any atom is 0.339 e. The van der Waals surface area contributed by atoms with Crippen molar-refractivity contribution in [3.05, 3.63) is 96.7 Å². The summed E-state index contributed by atoms with van der Waals surface area (Å²) in [6.07, 6.45) is 32.4. The van der Waals surface area contributed by atoms with Crippen molar-refractivity contribution in [1.29, 1.82) is 0 Å². The Hall–Kier alpha value is -4.33. The minimum atomic E-state index is -1.30. The Kier molecular flexibility index (Phi) is 19.1. The molecule has 0 saturated heterocycles. The van der Waals surface area contributed by atoms with Crippen molar-refractivity contribution in [2.45, 2.75) is 58.3 Å². The molecule has 216 valence electrons. The summed E-state index contributed by atoms with van der Waals surface area (Å²) in [5, 5.41) is 26.3. The third kappa shape index (κ3) is 18.0. The van der Waals surface area contributed by atoms with E-state index in [9.17, 15) is 19.5 Å². The molecule has 0 unspecified atom stereocenters. The van der Waals surface area contributed by atoms with Crippen molar-refractivity contribution in [3.8, 4) is 5.75 Å². The first kappa shape index (κ1) is 33.7. The molecule has 0 radical (unpaired) electrons. The van der Waals surface area contributed by atoms with Crippen molar-refractivity contribution >= 4 is 23.6 Å². The van der Waals surface area contributed by atoms with Crippen molar-refractivity contribution < 1.29 is 24.6 Å². The van der Waals surface area contributed by atoms with Crippen LogP contribution in [0.5, 0.6) is 5.75 Å². The SMILES string of the molecule is CCC=CCC=CCC=CCC=CCC=CCC=CCCC(=O)NCCNC(=O)Nc1ccc(O)c(C(=O)O)c1. The quantitative estimate of drug-likeness (QED) is 0.0736. The molecule has 1 aromatic rings. The lowest BCUT2D eigenvalue weighted by Crippen LogP contribution is -2.36. The van der Waals surface area contributed by atoms with E-state index >= 15 is 0 Å². The number of phenols is 1. The molecule has 8 nitrogen and oxygen atoms in total. The molecule has 8 heteroatoms. The fourth-order valence-corrected chi connectivity index (χ4v) is 3.28. The number of rotatable bonds is 19. The Bertz CT molecular complexity index is 1080. The summed E-state index contributed by atoms with van der Waals surface area (Å²) >= 11 is 0. The molecule has 0 aromatic heterocycles. The van der Waals surface area contributed by atoms with Crippen molar-refractivity contribution in [2.75, 3.05) is 18.4 Å². The highest BCUT2D eigenvalue weighted by Crippen LogP contribution is 2.21. The Morgan fingerprint density at radius 3 is 1.75 bits per heavy atom. The van der Waals surface area contributed by atoms with Crippen LogP contribution >= 0.6 is 0 Å². The lowest BCUT2D eigenvalue weighted by atomic mass is 10.2. The molecule has 0 heterocycles. The average molecular weight is 550 g/mol. The van der Waals surface area contributed by atoms with Gasteiger partial charge >= 0.3 is 12.0 Å². The fourth-order valence-electron chi connectivity index (χ4n) is 3.28. The molecule has 0 spiro atoms. The number of aromatic hydroxyl groups is 1. The van der Waals surface area contributed by atoms with Gasteiger partial charge < -0.3 is 26.2 Å². The topological polar surface area (TPSA) is 128 Å². The number of anilines is 1. The van der Waals surface area contributed by atoms with E-state index in [1.807, 2.05) is 12.2 Å². The van der Waals surface area contributed by atoms with Crippen LogP contribution in [0.1, 0.15) is 68.6 Å². The smallest absolute Gasteiger partial charge is 0.339 e. The van der Waals surface area contributed by atoms with Crippen LogP contribution in [0.15, 0.2) is 91.1 Å². The third-order valence-electron chi connectivity index (χ3n) is 5.35. The molecule has 3 amide bonds. The number of carbonyl (C=O) groups excluding carboxylic acids is 2. The number of urea groups is 1. The first-order chi connectivity index (χ1) is 19.4. The Balaban J connectivity index is 2.04. The lowest BCUT2D eigenvalue weighted by molar-refractivity contribution is -0.120. The lowest BCUT2D eigenvalue weighted by Gasteiger charge is -2.09. The van der Waals surface area contributed by atoms with Crippen LogP contribution in [0, 0.1) is 0 Å². The average Bonchev–Trinajstić information content (AvgIpc) is 2.93. The van der Waals surface area contributed by atoms with E-state index < -0.39 is 12.0 Å². The number of hydrogen-bond acceptors (Lipinski definition) is 4. The van der Waals surface area contributed by atoms with Gasteiger partial charge in [0.1, 0.15) is 11.3 Å². The van der Waals surface area contributed by atoms with E-state index in [2.05, 4.69) is 83.6 Å². The van der Waals surface area contributed by atoms with E-state index in [-0.39, 0.29) is 36.0 Å². The molecule has 40 heavy (non-hydrogen) atoms. The third-order valence-corrected chi connectivity index (χ3v) is 5.35. The Morgan fingerprint density at radius 1 is 0.725 bits per heavy atom. The Labute approximate surface area is 238 Å². The molecule has 0 bridgehead atoms. The predicted octanol–water partition coefficient (Wildman–Crippen LogP) is 6.81. The van der Waals surface area contributed by atoms with Gasteiger partial charge in [0.05, 0.1) is 0 Å². The van der Waals surface area contributed by atoms with E-state index in [4.69, 9.17) is 5.11 Å². The molecular formula is C32H43N3O5. The second kappa shape index (κ2) is 22.6. The van der Waals surface area contributed by atoms with Gasteiger partial charge in [0, 0.05) is 25.2 Å². The standard InChI is InChI=1S/C32H43N3O5/c1-2-3-4-5-6-7-8-9-10-11-12-13-14-15-16-17-18-19-20-21-30(37)33-24-25-34-32(40)35-27-22-23-29(36)28(26-27)31(38)39/h3-4,6-7,9-10,12-13,15-16,18-19,22-23,26,36H,2,5,8,11,14,17,20-21,24-25H2,1H3,(H,33,37)(H,38,39)(H2,34,35,40). The Morgan fingerprint density at radius 2 is 1.23 bits per heavy atom. The summed E-state index contributed by atoms with van der Waals surface area (Å²) in [6, 6.07) is 3.19. The summed E-state index contributed by atoms with van der Waals surface area (Å²) in [7, 11) is 0. The van der Waals surface area contributed by atoms with Gasteiger partial charge in [-0.15, -0.1) is 0 Å². The predicted molar refractivity (Wildman–Crippen MR) is 163 cm³/mol. The van der Waals surface area contributed by atoms with Crippen LogP contribution < -0.4 is 16.0 Å². The van der Waals surface area contributed by atoms with Gasteiger partial charge in [-0.2, -0.15) is 0 Å². The number of nitrogens with one attached hydrogen (secondary N) is 3. The first-order valence-corrected chi connectivity index (χ1v) is 13.7. The highest BCUT2D eigenvalue weighted by atomic mass is 16.4. The zero-order valence-corrected chi connectivity index (χ0v) is 23.4. The van der Waals surface area contributed by atoms with Crippen LogP contribution in [0.4, 0.5) is 10.5 Å². The molecule has 0 aliphatic carbocycles. The van der Waals surface area contributed by atoms with Crippen LogP contribution in [-0.2, 0) is 4.79 Å². The van der Waals surface area contributed by atoms with E-state index in [1.165, 1.54) is 12.1 Å².